The quantitative estimate of drug-likeness (QED) is 0.327. The van der Waals surface area contributed by atoms with Crippen LogP contribution in [0.4, 0.5) is 0 Å². The molecular formula is C11H22O3Si. The minimum atomic E-state index is 0.397. The molecule has 88 valence electrons. The lowest BCUT2D eigenvalue weighted by Gasteiger charge is -2.12. The summed E-state index contributed by atoms with van der Waals surface area (Å²) in [7, 11) is 0.636. The van der Waals surface area contributed by atoms with Crippen LogP contribution in [0.5, 0.6) is 0 Å². The highest BCUT2D eigenvalue weighted by atomic mass is 28.2. The Bertz CT molecular complexity index is 147. The highest BCUT2D eigenvalue weighted by molar-refractivity contribution is 6.27. The molecule has 1 aliphatic heterocycles. The van der Waals surface area contributed by atoms with Gasteiger partial charge in [0.1, 0.15) is 6.10 Å². The van der Waals surface area contributed by atoms with Crippen molar-refractivity contribution in [3.05, 3.63) is 0 Å². The van der Waals surface area contributed by atoms with E-state index in [-0.39, 0.29) is 0 Å². The Hall–Kier alpha value is 0.0969. The van der Waals surface area contributed by atoms with Crippen LogP contribution in [-0.4, -0.2) is 41.8 Å². The van der Waals surface area contributed by atoms with Crippen molar-refractivity contribution in [2.24, 2.45) is 0 Å². The molecular weight excluding hydrogens is 208 g/mol. The Kier molecular flexibility index (Phi) is 7.26. The van der Waals surface area contributed by atoms with E-state index in [1.54, 1.807) is 0 Å². The molecule has 0 aromatic carbocycles. The maximum atomic E-state index is 5.73. The molecule has 1 saturated heterocycles. The summed E-state index contributed by atoms with van der Waals surface area (Å²) < 4.78 is 16.2. The van der Waals surface area contributed by atoms with E-state index in [1.165, 1.54) is 0 Å². The van der Waals surface area contributed by atoms with Gasteiger partial charge in [0.05, 0.1) is 13.2 Å². The lowest BCUT2D eigenvalue weighted by Crippen LogP contribution is -2.13. The predicted octanol–water partition coefficient (Wildman–Crippen LogP) is 2.03. The Balaban J connectivity index is 1.75. The van der Waals surface area contributed by atoms with E-state index in [0.29, 0.717) is 22.0 Å². The Labute approximate surface area is 95.4 Å². The summed E-state index contributed by atoms with van der Waals surface area (Å²) in [5.41, 5.74) is 0. The molecule has 0 saturated carbocycles. The highest BCUT2D eigenvalue weighted by Gasteiger charge is 2.21. The average molecular weight is 230 g/mol. The lowest BCUT2D eigenvalue weighted by atomic mass is 10.2. The summed E-state index contributed by atoms with van der Waals surface area (Å²) >= 11 is 0. The summed E-state index contributed by atoms with van der Waals surface area (Å²) in [5, 5.41) is 0. The minimum absolute atomic E-state index is 0.397. The van der Waals surface area contributed by atoms with Crippen LogP contribution in [0.2, 0.25) is 6.04 Å². The minimum Gasteiger partial charge on any atom is -0.415 e. The fourth-order valence-corrected chi connectivity index (χ4v) is 2.23. The van der Waals surface area contributed by atoms with Gasteiger partial charge in [0.2, 0.25) is 9.76 Å². The number of ether oxygens (including phenoxy) is 2. The Morgan fingerprint density at radius 1 is 1.40 bits per heavy atom. The van der Waals surface area contributed by atoms with Gasteiger partial charge in [0.25, 0.3) is 0 Å². The largest absolute Gasteiger partial charge is 0.415 e. The van der Waals surface area contributed by atoms with Crippen molar-refractivity contribution in [1.29, 1.82) is 0 Å². The van der Waals surface area contributed by atoms with Crippen LogP contribution >= 0.6 is 0 Å². The molecule has 15 heavy (non-hydrogen) atoms. The van der Waals surface area contributed by atoms with E-state index in [1.807, 2.05) is 0 Å². The standard InChI is InChI=1S/C11H22O3Si/c1-3-10(4-2)14-15-7-5-6-12-8-11-9-13-11/h10-11H,3-9H2,1-2H3. The van der Waals surface area contributed by atoms with Gasteiger partial charge in [-0.05, 0) is 25.3 Å². The van der Waals surface area contributed by atoms with Crippen LogP contribution < -0.4 is 0 Å². The van der Waals surface area contributed by atoms with Crippen molar-refractivity contribution in [1.82, 2.24) is 0 Å². The first-order chi connectivity index (χ1) is 7.36. The van der Waals surface area contributed by atoms with Gasteiger partial charge in [-0.1, -0.05) is 13.8 Å². The van der Waals surface area contributed by atoms with Gasteiger partial charge in [-0.3, -0.25) is 0 Å². The summed E-state index contributed by atoms with van der Waals surface area (Å²) in [4.78, 5) is 0. The van der Waals surface area contributed by atoms with E-state index in [0.717, 1.165) is 45.1 Å². The molecule has 0 spiro atoms. The third-order valence-electron chi connectivity index (χ3n) is 2.43. The van der Waals surface area contributed by atoms with E-state index >= 15 is 0 Å². The topological polar surface area (TPSA) is 31.0 Å². The van der Waals surface area contributed by atoms with Gasteiger partial charge >= 0.3 is 0 Å². The van der Waals surface area contributed by atoms with E-state index in [4.69, 9.17) is 13.9 Å². The zero-order chi connectivity index (χ0) is 10.9. The number of epoxide rings is 1. The third kappa shape index (κ3) is 7.06. The molecule has 2 radical (unpaired) electrons. The van der Waals surface area contributed by atoms with Crippen LogP contribution in [0.3, 0.4) is 0 Å². The molecule has 1 unspecified atom stereocenters. The van der Waals surface area contributed by atoms with Gasteiger partial charge in [-0.2, -0.15) is 0 Å². The fraction of sp³-hybridized carbons (Fsp3) is 1.00. The smallest absolute Gasteiger partial charge is 0.230 e. The first-order valence-corrected chi connectivity index (χ1v) is 7.06. The molecule has 1 heterocycles. The SMILES string of the molecule is CCC(CC)O[Si]CCCOCC1CO1. The molecule has 1 fully saturated rings. The van der Waals surface area contributed by atoms with Crippen LogP contribution in [0, 0.1) is 0 Å². The molecule has 0 N–H and O–H groups in total. The van der Waals surface area contributed by atoms with Crippen molar-refractivity contribution < 1.29 is 13.9 Å². The first-order valence-electron chi connectivity index (χ1n) is 5.94. The van der Waals surface area contributed by atoms with Crippen LogP contribution in [0.1, 0.15) is 33.1 Å². The van der Waals surface area contributed by atoms with Gasteiger partial charge < -0.3 is 13.9 Å². The Morgan fingerprint density at radius 2 is 2.13 bits per heavy atom. The second-order valence-corrected chi connectivity index (χ2v) is 4.86. The molecule has 0 aliphatic carbocycles. The molecule has 0 aromatic rings. The van der Waals surface area contributed by atoms with Crippen molar-refractivity contribution >= 4 is 9.76 Å². The molecule has 0 aromatic heterocycles. The fourth-order valence-electron chi connectivity index (χ4n) is 1.26. The Morgan fingerprint density at radius 3 is 2.73 bits per heavy atom. The summed E-state index contributed by atoms with van der Waals surface area (Å²) in [6, 6.07) is 1.13. The van der Waals surface area contributed by atoms with E-state index < -0.39 is 0 Å². The van der Waals surface area contributed by atoms with Gasteiger partial charge in [-0.15, -0.1) is 0 Å². The number of hydrogen-bond donors (Lipinski definition) is 0. The summed E-state index contributed by atoms with van der Waals surface area (Å²) in [6.07, 6.45) is 4.21. The lowest BCUT2D eigenvalue weighted by molar-refractivity contribution is 0.116. The molecule has 3 nitrogen and oxygen atoms in total. The zero-order valence-corrected chi connectivity index (χ0v) is 10.8. The van der Waals surface area contributed by atoms with Gasteiger partial charge in [0.15, 0.2) is 0 Å². The van der Waals surface area contributed by atoms with Crippen LogP contribution in [-0.2, 0) is 13.9 Å². The van der Waals surface area contributed by atoms with Gasteiger partial charge in [-0.25, -0.2) is 0 Å². The molecule has 1 aliphatic rings. The average Bonchev–Trinajstić information content (AvgIpc) is 3.06. The molecule has 1 atom stereocenters. The second kappa shape index (κ2) is 8.27. The van der Waals surface area contributed by atoms with Crippen molar-refractivity contribution in [2.75, 3.05) is 19.8 Å². The maximum Gasteiger partial charge on any atom is 0.230 e. The summed E-state index contributed by atoms with van der Waals surface area (Å²) in [5.74, 6) is 0. The third-order valence-corrected chi connectivity index (χ3v) is 3.49. The predicted molar refractivity (Wildman–Crippen MR) is 61.2 cm³/mol. The highest BCUT2D eigenvalue weighted by Crippen LogP contribution is 2.09. The maximum absolute atomic E-state index is 5.73. The normalized spacial score (nSPS) is 19.8. The van der Waals surface area contributed by atoms with Crippen molar-refractivity contribution in [3.8, 4) is 0 Å². The van der Waals surface area contributed by atoms with Gasteiger partial charge in [0, 0.05) is 12.7 Å². The second-order valence-electron chi connectivity index (χ2n) is 3.83. The number of rotatable bonds is 10. The molecule has 1 rings (SSSR count). The molecule has 4 heteroatoms. The van der Waals surface area contributed by atoms with Crippen LogP contribution in [0.15, 0.2) is 0 Å². The molecule has 0 bridgehead atoms. The zero-order valence-electron chi connectivity index (χ0n) is 9.83. The first kappa shape index (κ1) is 13.2. The van der Waals surface area contributed by atoms with E-state index in [9.17, 15) is 0 Å². The van der Waals surface area contributed by atoms with E-state index in [2.05, 4.69) is 13.8 Å². The van der Waals surface area contributed by atoms with Crippen molar-refractivity contribution in [2.45, 2.75) is 51.4 Å². The summed E-state index contributed by atoms with van der Waals surface area (Å²) in [6.45, 7) is 6.87. The van der Waals surface area contributed by atoms with Crippen molar-refractivity contribution in [3.63, 3.8) is 0 Å². The number of hydrogen-bond acceptors (Lipinski definition) is 3. The molecule has 0 amide bonds. The van der Waals surface area contributed by atoms with Crippen LogP contribution in [0.25, 0.3) is 0 Å². The monoisotopic (exact) mass is 230 g/mol.